The summed E-state index contributed by atoms with van der Waals surface area (Å²) in [6.45, 7) is 3.50. The number of aliphatic hydroxyl groups excluding tert-OH is 1. The Hall–Kier alpha value is -0.940. The summed E-state index contributed by atoms with van der Waals surface area (Å²) >= 11 is 0. The number of hydrogen-bond donors (Lipinski definition) is 3. The lowest BCUT2D eigenvalue weighted by Crippen LogP contribution is -2.35. The van der Waals surface area contributed by atoms with Crippen molar-refractivity contribution in [3.05, 3.63) is 35.4 Å². The van der Waals surface area contributed by atoms with E-state index in [1.807, 2.05) is 12.1 Å². The Bertz CT molecular complexity index is 358. The number of nitrogens with two attached hydrogens (primary N) is 1. The largest absolute Gasteiger partial charge is 0.396 e. The predicted octanol–water partition coefficient (Wildman–Crippen LogP) is 1.58. The van der Waals surface area contributed by atoms with E-state index >= 15 is 0 Å². The Morgan fingerprint density at radius 2 is 2.11 bits per heavy atom. The van der Waals surface area contributed by atoms with Crippen molar-refractivity contribution in [3.63, 3.8) is 0 Å². The second kappa shape index (κ2) is 9.04. The van der Waals surface area contributed by atoms with Crippen molar-refractivity contribution < 1.29 is 9.84 Å². The summed E-state index contributed by atoms with van der Waals surface area (Å²) in [7, 11) is 1.70. The predicted molar refractivity (Wildman–Crippen MR) is 77.9 cm³/mol. The zero-order valence-corrected chi connectivity index (χ0v) is 11.9. The first-order valence-electron chi connectivity index (χ1n) is 6.86. The molecule has 0 radical (unpaired) electrons. The van der Waals surface area contributed by atoms with Crippen LogP contribution in [-0.4, -0.2) is 31.4 Å². The van der Waals surface area contributed by atoms with Gasteiger partial charge in [-0.25, -0.2) is 0 Å². The molecule has 2 unspecified atom stereocenters. The van der Waals surface area contributed by atoms with Gasteiger partial charge in [-0.1, -0.05) is 24.3 Å². The van der Waals surface area contributed by atoms with E-state index in [4.69, 9.17) is 15.6 Å². The first kappa shape index (κ1) is 16.1. The van der Waals surface area contributed by atoms with Gasteiger partial charge in [-0.05, 0) is 30.9 Å². The molecule has 0 amide bonds. The van der Waals surface area contributed by atoms with Crippen LogP contribution in [0.4, 0.5) is 0 Å². The lowest BCUT2D eigenvalue weighted by Gasteiger charge is -2.24. The molecule has 19 heavy (non-hydrogen) atoms. The molecule has 0 spiro atoms. The minimum absolute atomic E-state index is 0.125. The Balaban J connectivity index is 2.73. The smallest absolute Gasteiger partial charge is 0.0716 e. The molecule has 0 bridgehead atoms. The van der Waals surface area contributed by atoms with Crippen molar-refractivity contribution in [2.24, 2.45) is 5.73 Å². The fourth-order valence-electron chi connectivity index (χ4n) is 2.27. The van der Waals surface area contributed by atoms with E-state index in [9.17, 15) is 0 Å². The van der Waals surface area contributed by atoms with Gasteiger partial charge in [0.1, 0.15) is 0 Å². The van der Waals surface area contributed by atoms with Crippen LogP contribution >= 0.6 is 0 Å². The molecule has 4 nitrogen and oxygen atoms in total. The van der Waals surface area contributed by atoms with E-state index in [2.05, 4.69) is 24.4 Å². The molecule has 1 aromatic carbocycles. The lowest BCUT2D eigenvalue weighted by molar-refractivity contribution is 0.183. The van der Waals surface area contributed by atoms with Crippen molar-refractivity contribution >= 4 is 0 Å². The second-order valence-corrected chi connectivity index (χ2v) is 4.85. The zero-order chi connectivity index (χ0) is 14.1. The molecular formula is C15H26N2O2. The molecule has 0 aromatic heterocycles. The summed E-state index contributed by atoms with van der Waals surface area (Å²) in [6, 6.07) is 8.66. The molecule has 1 aromatic rings. The fourth-order valence-corrected chi connectivity index (χ4v) is 2.27. The molecule has 4 N–H and O–H groups in total. The van der Waals surface area contributed by atoms with Crippen molar-refractivity contribution in [2.75, 3.05) is 20.3 Å². The number of nitrogens with one attached hydrogen (secondary N) is 1. The Morgan fingerprint density at radius 3 is 2.74 bits per heavy atom. The Labute approximate surface area is 116 Å². The third-order valence-corrected chi connectivity index (χ3v) is 3.25. The summed E-state index contributed by atoms with van der Waals surface area (Å²) in [6.07, 6.45) is 1.75. The third-order valence-electron chi connectivity index (χ3n) is 3.25. The molecule has 0 aliphatic carbocycles. The van der Waals surface area contributed by atoms with Crippen LogP contribution in [0.15, 0.2) is 24.3 Å². The first-order valence-corrected chi connectivity index (χ1v) is 6.86. The van der Waals surface area contributed by atoms with E-state index in [1.165, 1.54) is 11.1 Å². The molecule has 0 fully saturated rings. The van der Waals surface area contributed by atoms with Gasteiger partial charge < -0.3 is 20.9 Å². The standard InChI is InChI=1S/C15H26N2O2/c1-12(6-5-9-18)17-15(10-16)14-8-4-3-7-13(14)11-19-2/h3-4,7-8,12,15,17-18H,5-6,9-11,16H2,1-2H3. The molecule has 0 aliphatic heterocycles. The van der Waals surface area contributed by atoms with Gasteiger partial charge in [0.2, 0.25) is 0 Å². The number of aliphatic hydroxyl groups is 1. The number of ether oxygens (including phenoxy) is 1. The number of methoxy groups -OCH3 is 1. The minimum atomic E-state index is 0.125. The highest BCUT2D eigenvalue weighted by molar-refractivity contribution is 5.30. The molecule has 108 valence electrons. The van der Waals surface area contributed by atoms with E-state index in [0.29, 0.717) is 19.2 Å². The molecule has 2 atom stereocenters. The number of rotatable bonds is 9. The lowest BCUT2D eigenvalue weighted by atomic mass is 9.99. The summed E-state index contributed by atoms with van der Waals surface area (Å²) in [5.41, 5.74) is 8.26. The van der Waals surface area contributed by atoms with Crippen LogP contribution in [0, 0.1) is 0 Å². The Kier molecular flexibility index (Phi) is 7.67. The highest BCUT2D eigenvalue weighted by Crippen LogP contribution is 2.19. The fraction of sp³-hybridized carbons (Fsp3) is 0.600. The van der Waals surface area contributed by atoms with Crippen molar-refractivity contribution in [2.45, 2.75) is 38.5 Å². The van der Waals surface area contributed by atoms with E-state index < -0.39 is 0 Å². The highest BCUT2D eigenvalue weighted by atomic mass is 16.5. The van der Waals surface area contributed by atoms with E-state index in [-0.39, 0.29) is 12.6 Å². The van der Waals surface area contributed by atoms with Crippen LogP contribution in [0.1, 0.15) is 36.9 Å². The maximum atomic E-state index is 8.87. The SMILES string of the molecule is COCc1ccccc1C(CN)NC(C)CCCO. The van der Waals surface area contributed by atoms with Crippen LogP contribution in [0.5, 0.6) is 0 Å². The van der Waals surface area contributed by atoms with Crippen LogP contribution in [0.2, 0.25) is 0 Å². The monoisotopic (exact) mass is 266 g/mol. The van der Waals surface area contributed by atoms with Gasteiger partial charge >= 0.3 is 0 Å². The average Bonchev–Trinajstić information content (AvgIpc) is 2.43. The van der Waals surface area contributed by atoms with Gasteiger partial charge in [-0.2, -0.15) is 0 Å². The van der Waals surface area contributed by atoms with Gasteiger partial charge in [0.15, 0.2) is 0 Å². The molecule has 0 aliphatic rings. The summed E-state index contributed by atoms with van der Waals surface area (Å²) < 4.78 is 5.23. The van der Waals surface area contributed by atoms with Crippen LogP contribution in [0.3, 0.4) is 0 Å². The maximum absolute atomic E-state index is 8.87. The maximum Gasteiger partial charge on any atom is 0.0716 e. The van der Waals surface area contributed by atoms with E-state index in [1.54, 1.807) is 7.11 Å². The summed E-state index contributed by atoms with van der Waals surface area (Å²) in [4.78, 5) is 0. The van der Waals surface area contributed by atoms with Crippen LogP contribution < -0.4 is 11.1 Å². The topological polar surface area (TPSA) is 67.5 Å². The zero-order valence-electron chi connectivity index (χ0n) is 11.9. The van der Waals surface area contributed by atoms with Crippen molar-refractivity contribution in [1.29, 1.82) is 0 Å². The first-order chi connectivity index (χ1) is 9.22. The van der Waals surface area contributed by atoms with Gasteiger partial charge in [-0.15, -0.1) is 0 Å². The second-order valence-electron chi connectivity index (χ2n) is 4.85. The number of benzene rings is 1. The molecule has 0 saturated carbocycles. The van der Waals surface area contributed by atoms with Crippen molar-refractivity contribution in [3.8, 4) is 0 Å². The molecule has 0 heterocycles. The minimum Gasteiger partial charge on any atom is -0.396 e. The van der Waals surface area contributed by atoms with E-state index in [0.717, 1.165) is 12.8 Å². The quantitative estimate of drug-likeness (QED) is 0.635. The van der Waals surface area contributed by atoms with Gasteiger partial charge in [0.25, 0.3) is 0 Å². The Morgan fingerprint density at radius 1 is 1.37 bits per heavy atom. The number of hydrogen-bond acceptors (Lipinski definition) is 4. The molecule has 4 heteroatoms. The third kappa shape index (κ3) is 5.28. The van der Waals surface area contributed by atoms with Gasteiger partial charge in [-0.3, -0.25) is 0 Å². The summed E-state index contributed by atoms with van der Waals surface area (Å²) in [5, 5.41) is 12.4. The van der Waals surface area contributed by atoms with Crippen LogP contribution in [-0.2, 0) is 11.3 Å². The average molecular weight is 266 g/mol. The summed E-state index contributed by atoms with van der Waals surface area (Å²) in [5.74, 6) is 0. The molecular weight excluding hydrogens is 240 g/mol. The highest BCUT2D eigenvalue weighted by Gasteiger charge is 2.15. The van der Waals surface area contributed by atoms with Gasteiger partial charge in [0.05, 0.1) is 6.61 Å². The van der Waals surface area contributed by atoms with Crippen LogP contribution in [0.25, 0.3) is 0 Å². The normalized spacial score (nSPS) is 14.3. The molecule has 0 saturated heterocycles. The van der Waals surface area contributed by atoms with Gasteiger partial charge in [0, 0.05) is 32.3 Å². The van der Waals surface area contributed by atoms with Crippen molar-refractivity contribution in [1.82, 2.24) is 5.32 Å². The molecule has 1 rings (SSSR count).